The fraction of sp³-hybridized carbons (Fsp3) is 0.920. The Bertz CT molecular complexity index is 1000. The fourth-order valence-corrected chi connectivity index (χ4v) is 9.89. The van der Waals surface area contributed by atoms with Gasteiger partial charge in [0.15, 0.2) is 6.79 Å². The van der Waals surface area contributed by atoms with Crippen LogP contribution in [0.15, 0.2) is 0 Å². The third-order valence-electron chi connectivity index (χ3n) is 10.3. The maximum atomic E-state index is 13.9. The molecule has 2 atom stereocenters. The van der Waals surface area contributed by atoms with Gasteiger partial charge < -0.3 is 14.2 Å². The molecule has 8 saturated carbocycles. The van der Waals surface area contributed by atoms with Gasteiger partial charge in [-0.05, 0) is 106 Å². The summed E-state index contributed by atoms with van der Waals surface area (Å²) in [6, 6.07) is 0. The summed E-state index contributed by atoms with van der Waals surface area (Å²) in [4.78, 5) is 25.3. The molecular weight excluding hydrogens is 498 g/mol. The second-order valence-corrected chi connectivity index (χ2v) is 14.3. The number of ether oxygens (including phenoxy) is 3. The van der Waals surface area contributed by atoms with Crippen LogP contribution < -0.4 is 0 Å². The molecule has 8 nitrogen and oxygen atoms in total. The summed E-state index contributed by atoms with van der Waals surface area (Å²) in [5, 5.41) is -5.06. The van der Waals surface area contributed by atoms with Crippen molar-refractivity contribution >= 4 is 22.1 Å². The Hall–Kier alpha value is -1.33. The number of carbonyl (C=O) groups is 2. The lowest BCUT2D eigenvalue weighted by Gasteiger charge is -2.59. The molecule has 0 aromatic rings. The highest BCUT2D eigenvalue weighted by Crippen LogP contribution is 2.63. The molecule has 0 saturated heterocycles. The van der Waals surface area contributed by atoms with Crippen LogP contribution in [0.1, 0.15) is 70.6 Å². The van der Waals surface area contributed by atoms with Crippen molar-refractivity contribution in [2.45, 2.75) is 81.5 Å². The van der Waals surface area contributed by atoms with Gasteiger partial charge in [-0.2, -0.15) is 17.2 Å². The van der Waals surface area contributed by atoms with E-state index in [0.717, 1.165) is 18.3 Å². The molecule has 2 unspecified atom stereocenters. The zero-order valence-electron chi connectivity index (χ0n) is 20.2. The van der Waals surface area contributed by atoms with Crippen molar-refractivity contribution in [1.82, 2.24) is 0 Å². The van der Waals surface area contributed by atoms with Crippen LogP contribution >= 0.6 is 0 Å². The summed E-state index contributed by atoms with van der Waals surface area (Å²) in [7, 11) is -5.96. The van der Waals surface area contributed by atoms with E-state index in [2.05, 4.69) is 0 Å². The second kappa shape index (κ2) is 8.33. The number of hydrogen-bond acceptors (Lipinski definition) is 7. The Kier molecular flexibility index (Phi) is 5.78. The highest BCUT2D eigenvalue weighted by atomic mass is 32.2. The first kappa shape index (κ1) is 25.0. The number of rotatable bonds is 8. The number of halogens is 2. The molecule has 8 bridgehead atoms. The van der Waals surface area contributed by atoms with Crippen LogP contribution in [0.25, 0.3) is 0 Å². The molecule has 0 aliphatic heterocycles. The van der Waals surface area contributed by atoms with E-state index in [4.69, 9.17) is 18.8 Å². The van der Waals surface area contributed by atoms with E-state index in [0.29, 0.717) is 37.2 Å². The number of carbonyl (C=O) groups excluding carboxylic acids is 2. The Labute approximate surface area is 209 Å². The zero-order valence-corrected chi connectivity index (χ0v) is 21.0. The van der Waals surface area contributed by atoms with Crippen molar-refractivity contribution < 1.29 is 45.6 Å². The van der Waals surface area contributed by atoms with Crippen LogP contribution in [0, 0.1) is 46.8 Å². The predicted molar refractivity (Wildman–Crippen MR) is 120 cm³/mol. The van der Waals surface area contributed by atoms with E-state index in [1.54, 1.807) is 0 Å². The minimum Gasteiger partial charge on any atom is -0.454 e. The number of hydrogen-bond donors (Lipinski definition) is 1. The average Bonchev–Trinajstić information content (AvgIpc) is 2.75. The van der Waals surface area contributed by atoms with Crippen LogP contribution in [-0.4, -0.2) is 49.2 Å². The molecule has 8 fully saturated rings. The summed E-state index contributed by atoms with van der Waals surface area (Å²) < 4.78 is 75.1. The van der Waals surface area contributed by atoms with E-state index in [1.807, 2.05) is 0 Å². The van der Waals surface area contributed by atoms with Crippen molar-refractivity contribution in [3.05, 3.63) is 0 Å². The smallest absolute Gasteiger partial charge is 0.454 e. The number of esters is 2. The normalized spacial score (nSPS) is 44.6. The van der Waals surface area contributed by atoms with E-state index in [-0.39, 0.29) is 37.9 Å². The van der Waals surface area contributed by atoms with Crippen molar-refractivity contribution in [3.63, 3.8) is 0 Å². The largest absolute Gasteiger partial charge is 0.465 e. The molecular formula is C25H34F2O8S. The molecule has 202 valence electrons. The lowest BCUT2D eigenvalue weighted by molar-refractivity contribution is -0.225. The third kappa shape index (κ3) is 4.08. The maximum absolute atomic E-state index is 13.9. The summed E-state index contributed by atoms with van der Waals surface area (Å²) in [5.74, 6) is 0.875. The van der Waals surface area contributed by atoms with Crippen LogP contribution in [0.5, 0.6) is 0 Å². The van der Waals surface area contributed by atoms with Crippen LogP contribution in [-0.2, 0) is 33.9 Å². The Morgan fingerprint density at radius 1 is 0.889 bits per heavy atom. The van der Waals surface area contributed by atoms with Gasteiger partial charge in [-0.25, -0.2) is 4.79 Å². The van der Waals surface area contributed by atoms with Gasteiger partial charge in [-0.15, -0.1) is 0 Å². The average molecular weight is 533 g/mol. The van der Waals surface area contributed by atoms with Crippen LogP contribution in [0.4, 0.5) is 8.78 Å². The van der Waals surface area contributed by atoms with Gasteiger partial charge in [-0.1, -0.05) is 0 Å². The van der Waals surface area contributed by atoms with Crippen molar-refractivity contribution in [2.75, 3.05) is 13.4 Å². The first-order valence-corrected chi connectivity index (χ1v) is 14.7. The predicted octanol–water partition coefficient (Wildman–Crippen LogP) is 3.94. The first-order chi connectivity index (χ1) is 16.9. The van der Waals surface area contributed by atoms with Gasteiger partial charge in [-0.3, -0.25) is 9.35 Å². The van der Waals surface area contributed by atoms with E-state index < -0.39 is 38.3 Å². The third-order valence-corrected chi connectivity index (χ3v) is 11.1. The van der Waals surface area contributed by atoms with Gasteiger partial charge in [0, 0.05) is 6.42 Å². The highest BCUT2D eigenvalue weighted by molar-refractivity contribution is 7.87. The summed E-state index contributed by atoms with van der Waals surface area (Å²) in [5.41, 5.74) is -2.33. The quantitative estimate of drug-likeness (QED) is 0.216. The molecule has 0 spiro atoms. The topological polar surface area (TPSA) is 116 Å². The molecule has 0 radical (unpaired) electrons. The highest BCUT2D eigenvalue weighted by Gasteiger charge is 2.65. The Morgan fingerprint density at radius 2 is 1.44 bits per heavy atom. The molecule has 8 aliphatic rings. The first-order valence-electron chi connectivity index (χ1n) is 13.2. The molecule has 8 aliphatic carbocycles. The summed E-state index contributed by atoms with van der Waals surface area (Å²) >= 11 is 0. The van der Waals surface area contributed by atoms with Crippen molar-refractivity contribution in [1.29, 1.82) is 0 Å². The monoisotopic (exact) mass is 532 g/mol. The second-order valence-electron chi connectivity index (χ2n) is 12.8. The van der Waals surface area contributed by atoms with Gasteiger partial charge in [0.2, 0.25) is 0 Å². The molecule has 0 aromatic carbocycles. The SMILES string of the molecule is O=C(OCOCC1C2CC3CC(C2)CC1C3)C12CC3CC(CC(OC(=O)C(F)(F)S(=O)(=O)O)(C3)C1)C2. The molecule has 0 aromatic heterocycles. The minimum atomic E-state index is -5.96. The summed E-state index contributed by atoms with van der Waals surface area (Å²) in [6.07, 6.45) is 8.93. The Morgan fingerprint density at radius 3 is 2.00 bits per heavy atom. The summed E-state index contributed by atoms with van der Waals surface area (Å²) in [6.45, 7) is 0.416. The number of alkyl halides is 2. The molecule has 0 amide bonds. The van der Waals surface area contributed by atoms with Crippen molar-refractivity contribution in [2.24, 2.45) is 46.8 Å². The van der Waals surface area contributed by atoms with E-state index >= 15 is 0 Å². The van der Waals surface area contributed by atoms with Crippen molar-refractivity contribution in [3.8, 4) is 0 Å². The molecule has 0 heterocycles. The molecule has 36 heavy (non-hydrogen) atoms. The minimum absolute atomic E-state index is 0.00861. The van der Waals surface area contributed by atoms with E-state index in [9.17, 15) is 26.8 Å². The van der Waals surface area contributed by atoms with Gasteiger partial charge >= 0.3 is 27.3 Å². The van der Waals surface area contributed by atoms with Crippen LogP contribution in [0.2, 0.25) is 0 Å². The fourth-order valence-electron chi connectivity index (χ4n) is 9.64. The molecule has 11 heteroatoms. The lowest BCUT2D eigenvalue weighted by Crippen LogP contribution is -2.61. The zero-order chi connectivity index (χ0) is 25.5. The Balaban J connectivity index is 1.07. The molecule has 1 N–H and O–H groups in total. The van der Waals surface area contributed by atoms with Crippen LogP contribution in [0.3, 0.4) is 0 Å². The molecule has 8 rings (SSSR count). The van der Waals surface area contributed by atoms with E-state index in [1.165, 1.54) is 32.1 Å². The van der Waals surface area contributed by atoms with Gasteiger partial charge in [0.1, 0.15) is 5.60 Å². The maximum Gasteiger partial charge on any atom is 0.465 e. The van der Waals surface area contributed by atoms with Gasteiger partial charge in [0.25, 0.3) is 0 Å². The lowest BCUT2D eigenvalue weighted by atomic mass is 9.48. The standard InChI is InChI=1S/C25H34F2O8S/c26-25(27,36(30,31)32)22(29)35-24-9-16-2-17(10-24)8-23(7-16,12-24)21(28)34-13-33-11-20-18-3-14-1-15(5-18)6-19(20)4-14/h14-20H,1-13H2,(H,30,31,32). The van der Waals surface area contributed by atoms with Gasteiger partial charge in [0.05, 0.1) is 12.0 Å².